The van der Waals surface area contributed by atoms with Crippen LogP contribution in [0.5, 0.6) is 0 Å². The summed E-state index contributed by atoms with van der Waals surface area (Å²) >= 11 is 1.42. The highest BCUT2D eigenvalue weighted by atomic mass is 32.1. The molecule has 0 bridgehead atoms. The fourth-order valence-corrected chi connectivity index (χ4v) is 4.33. The van der Waals surface area contributed by atoms with Crippen molar-refractivity contribution >= 4 is 33.2 Å². The zero-order valence-electron chi connectivity index (χ0n) is 16.5. The van der Waals surface area contributed by atoms with E-state index < -0.39 is 0 Å². The summed E-state index contributed by atoms with van der Waals surface area (Å²) < 4.78 is 4.13. The molecule has 8 heteroatoms. The Bertz CT molecular complexity index is 1210. The number of amides is 1. The van der Waals surface area contributed by atoms with E-state index in [1.165, 1.54) is 21.5 Å². The van der Waals surface area contributed by atoms with Crippen molar-refractivity contribution in [3.05, 3.63) is 63.5 Å². The number of carbonyl (C=O) groups excluding carboxylic acids is 1. The van der Waals surface area contributed by atoms with E-state index in [1.807, 2.05) is 34.0 Å². The molecule has 0 unspecified atom stereocenters. The van der Waals surface area contributed by atoms with Gasteiger partial charge < -0.3 is 5.32 Å². The van der Waals surface area contributed by atoms with E-state index in [2.05, 4.69) is 34.6 Å². The van der Waals surface area contributed by atoms with Crippen molar-refractivity contribution in [1.29, 1.82) is 0 Å². The van der Waals surface area contributed by atoms with Gasteiger partial charge in [-0.2, -0.15) is 0 Å². The van der Waals surface area contributed by atoms with Crippen LogP contribution in [-0.4, -0.2) is 31.6 Å². The molecule has 4 rings (SSSR count). The number of nitrogens with one attached hydrogen (secondary N) is 1. The quantitative estimate of drug-likeness (QED) is 0.509. The Morgan fingerprint density at radius 1 is 1.21 bits per heavy atom. The molecule has 150 valence electrons. The Kier molecular flexibility index (Phi) is 5.44. The fourth-order valence-electron chi connectivity index (χ4n) is 3.48. The zero-order valence-corrected chi connectivity index (χ0v) is 17.3. The zero-order chi connectivity index (χ0) is 20.4. The number of carbonyl (C=O) groups is 1. The lowest BCUT2D eigenvalue weighted by molar-refractivity contribution is -0.121. The number of nitrogens with zero attached hydrogens (tertiary/aromatic N) is 4. The first-order valence-electron chi connectivity index (χ1n) is 9.68. The van der Waals surface area contributed by atoms with E-state index in [1.54, 1.807) is 7.05 Å². The van der Waals surface area contributed by atoms with Crippen LogP contribution in [0.15, 0.2) is 46.6 Å². The van der Waals surface area contributed by atoms with Crippen molar-refractivity contribution < 1.29 is 4.79 Å². The number of aromatic nitrogens is 4. The van der Waals surface area contributed by atoms with Gasteiger partial charge in [0.1, 0.15) is 10.5 Å². The molecule has 0 radical (unpaired) electrons. The highest BCUT2D eigenvalue weighted by Gasteiger charge is 2.16. The Morgan fingerprint density at radius 2 is 2.00 bits per heavy atom. The molecule has 1 atom stereocenters. The molecule has 0 saturated carbocycles. The number of hydrogen-bond donors (Lipinski definition) is 1. The van der Waals surface area contributed by atoms with Gasteiger partial charge in [-0.05, 0) is 29.3 Å². The smallest absolute Gasteiger partial charge is 0.272 e. The molecule has 1 amide bonds. The largest absolute Gasteiger partial charge is 0.356 e. The summed E-state index contributed by atoms with van der Waals surface area (Å²) in [4.78, 5) is 24.6. The summed E-state index contributed by atoms with van der Waals surface area (Å²) in [7, 11) is 1.70. The predicted octanol–water partition coefficient (Wildman–Crippen LogP) is 2.89. The van der Waals surface area contributed by atoms with Gasteiger partial charge in [-0.3, -0.25) is 18.6 Å². The van der Waals surface area contributed by atoms with E-state index in [0.29, 0.717) is 36.3 Å². The van der Waals surface area contributed by atoms with Gasteiger partial charge in [0.05, 0.1) is 5.52 Å². The van der Waals surface area contributed by atoms with E-state index in [9.17, 15) is 9.59 Å². The number of aryl methyl sites for hydroxylation is 2. The van der Waals surface area contributed by atoms with Crippen LogP contribution >= 0.6 is 11.3 Å². The molecule has 3 heterocycles. The lowest BCUT2D eigenvalue weighted by Gasteiger charge is -2.13. The van der Waals surface area contributed by atoms with Gasteiger partial charge in [-0.15, -0.1) is 21.5 Å². The lowest BCUT2D eigenvalue weighted by Crippen LogP contribution is -2.27. The maximum Gasteiger partial charge on any atom is 0.272 e. The first kappa shape index (κ1) is 19.3. The van der Waals surface area contributed by atoms with E-state index in [0.717, 1.165) is 11.3 Å². The average Bonchev–Trinajstić information content (AvgIpc) is 3.38. The number of benzene rings is 1. The van der Waals surface area contributed by atoms with Gasteiger partial charge in [0.15, 0.2) is 0 Å². The topological polar surface area (TPSA) is 81.3 Å². The van der Waals surface area contributed by atoms with Crippen LogP contribution in [0.2, 0.25) is 0 Å². The Hall–Kier alpha value is -3.00. The van der Waals surface area contributed by atoms with E-state index in [-0.39, 0.29) is 17.4 Å². The maximum absolute atomic E-state index is 12.4. The summed E-state index contributed by atoms with van der Waals surface area (Å²) in [6.07, 6.45) is 1.71. The van der Waals surface area contributed by atoms with Gasteiger partial charge in [0.25, 0.3) is 5.56 Å². The summed E-state index contributed by atoms with van der Waals surface area (Å²) in [5, 5.41) is 13.4. The number of rotatable bonds is 7. The standard InChI is InChI=1S/C21H23N5O2S/c1-14(15-7-4-3-5-8-15)13-22-18(27)10-6-9-17-23-24-21-25(2)20(28)19-16(26(17)21)11-12-29-19/h3-5,7-8,11-12,14H,6,9-10,13H2,1-2H3,(H,22,27)/t14-/m0/s1. The minimum absolute atomic E-state index is 0.0367. The third-order valence-corrected chi connectivity index (χ3v) is 6.07. The maximum atomic E-state index is 12.4. The molecule has 0 aliphatic heterocycles. The summed E-state index contributed by atoms with van der Waals surface area (Å²) in [6, 6.07) is 12.1. The predicted molar refractivity (Wildman–Crippen MR) is 114 cm³/mol. The summed E-state index contributed by atoms with van der Waals surface area (Å²) in [6.45, 7) is 2.72. The molecule has 4 aromatic rings. The number of fused-ring (bicyclic) bond motifs is 3. The molecule has 0 saturated heterocycles. The first-order valence-corrected chi connectivity index (χ1v) is 10.6. The third kappa shape index (κ3) is 3.80. The molecule has 1 N–H and O–H groups in total. The SMILES string of the molecule is C[C@@H](CNC(=O)CCCc1nnc2n(C)c(=O)c3sccc3n12)c1ccccc1. The monoisotopic (exact) mass is 409 g/mol. The van der Waals surface area contributed by atoms with Crippen LogP contribution in [0.4, 0.5) is 0 Å². The normalized spacial score (nSPS) is 12.5. The number of hydrogen-bond acceptors (Lipinski definition) is 5. The van der Waals surface area contributed by atoms with Gasteiger partial charge in [0.2, 0.25) is 11.7 Å². The third-order valence-electron chi connectivity index (χ3n) is 5.18. The highest BCUT2D eigenvalue weighted by Crippen LogP contribution is 2.20. The average molecular weight is 410 g/mol. The molecule has 0 aliphatic carbocycles. The van der Waals surface area contributed by atoms with Gasteiger partial charge in [-0.25, -0.2) is 0 Å². The highest BCUT2D eigenvalue weighted by molar-refractivity contribution is 7.17. The van der Waals surface area contributed by atoms with Gasteiger partial charge in [-0.1, -0.05) is 37.3 Å². The van der Waals surface area contributed by atoms with Crippen molar-refractivity contribution in [2.75, 3.05) is 6.54 Å². The second-order valence-electron chi connectivity index (χ2n) is 7.22. The minimum Gasteiger partial charge on any atom is -0.356 e. The Morgan fingerprint density at radius 3 is 2.79 bits per heavy atom. The van der Waals surface area contributed by atoms with E-state index in [4.69, 9.17) is 0 Å². The molecule has 7 nitrogen and oxygen atoms in total. The number of thiophene rings is 1. The van der Waals surface area contributed by atoms with Gasteiger partial charge >= 0.3 is 0 Å². The van der Waals surface area contributed by atoms with Crippen LogP contribution in [0.25, 0.3) is 16.0 Å². The van der Waals surface area contributed by atoms with Crippen LogP contribution in [0, 0.1) is 0 Å². The van der Waals surface area contributed by atoms with Crippen LogP contribution < -0.4 is 10.9 Å². The molecule has 0 fully saturated rings. The second-order valence-corrected chi connectivity index (χ2v) is 8.14. The minimum atomic E-state index is -0.0617. The first-order chi connectivity index (χ1) is 14.1. The van der Waals surface area contributed by atoms with Crippen molar-refractivity contribution in [2.24, 2.45) is 7.05 Å². The van der Waals surface area contributed by atoms with Crippen LogP contribution in [-0.2, 0) is 18.3 Å². The van der Waals surface area contributed by atoms with Crippen molar-refractivity contribution in [1.82, 2.24) is 24.5 Å². The van der Waals surface area contributed by atoms with Crippen LogP contribution in [0.1, 0.15) is 37.1 Å². The summed E-state index contributed by atoms with van der Waals surface area (Å²) in [5.41, 5.74) is 1.98. The Balaban J connectivity index is 1.38. The van der Waals surface area contributed by atoms with Crippen molar-refractivity contribution in [2.45, 2.75) is 32.1 Å². The lowest BCUT2D eigenvalue weighted by atomic mass is 10.0. The molecular formula is C21H23N5O2S. The molecule has 29 heavy (non-hydrogen) atoms. The molecule has 0 aliphatic rings. The molecule has 0 spiro atoms. The molecule has 1 aromatic carbocycles. The van der Waals surface area contributed by atoms with Crippen LogP contribution in [0.3, 0.4) is 0 Å². The van der Waals surface area contributed by atoms with Crippen molar-refractivity contribution in [3.63, 3.8) is 0 Å². The van der Waals surface area contributed by atoms with E-state index >= 15 is 0 Å². The molecule has 3 aromatic heterocycles. The fraction of sp³-hybridized carbons (Fsp3) is 0.333. The molecular weight excluding hydrogens is 386 g/mol. The van der Waals surface area contributed by atoms with Crippen molar-refractivity contribution in [3.8, 4) is 0 Å². The second kappa shape index (κ2) is 8.16. The van der Waals surface area contributed by atoms with Gasteiger partial charge in [0, 0.05) is 26.4 Å². The summed E-state index contributed by atoms with van der Waals surface area (Å²) in [5.74, 6) is 1.60. The Labute approximate surface area is 172 Å².